The Morgan fingerprint density at radius 3 is 3.05 bits per heavy atom. The number of aryl methyl sites for hydroxylation is 1. The van der Waals surface area contributed by atoms with Crippen LogP contribution in [-0.4, -0.2) is 33.6 Å². The minimum absolute atomic E-state index is 0.144. The largest absolute Gasteiger partial charge is 0.442 e. The van der Waals surface area contributed by atoms with Crippen molar-refractivity contribution >= 4 is 17.0 Å². The van der Waals surface area contributed by atoms with E-state index in [-0.39, 0.29) is 16.7 Å². The number of carbonyl (C=O) groups is 1. The number of nitrogens with one attached hydrogen (secondary N) is 2. The lowest BCUT2D eigenvalue weighted by Gasteiger charge is -2.08. The van der Waals surface area contributed by atoms with Gasteiger partial charge in [0.2, 0.25) is 5.71 Å². The number of hydrogen-bond acceptors (Lipinski definition) is 5. The molecular weight excluding hydrogens is 262 g/mol. The van der Waals surface area contributed by atoms with Crippen LogP contribution in [0.25, 0.3) is 11.1 Å². The number of hydrogen-bond donors (Lipinski definition) is 3. The predicted molar refractivity (Wildman–Crippen MR) is 72.6 cm³/mol. The van der Waals surface area contributed by atoms with Crippen LogP contribution in [0.2, 0.25) is 0 Å². The molecular formula is C13H17N3O4. The normalized spacial score (nSPS) is 12.6. The third-order valence-corrected chi connectivity index (χ3v) is 3.13. The molecule has 7 nitrogen and oxygen atoms in total. The molecule has 108 valence electrons. The summed E-state index contributed by atoms with van der Waals surface area (Å²) in [5.41, 5.74) is -0.0732. The number of amides is 1. The number of aromatic nitrogens is 2. The van der Waals surface area contributed by atoms with Gasteiger partial charge in [-0.3, -0.25) is 9.59 Å². The van der Waals surface area contributed by atoms with Gasteiger partial charge in [-0.05, 0) is 19.8 Å². The van der Waals surface area contributed by atoms with Gasteiger partial charge in [0, 0.05) is 6.54 Å². The fourth-order valence-electron chi connectivity index (χ4n) is 1.97. The van der Waals surface area contributed by atoms with E-state index in [0.717, 1.165) is 0 Å². The Kier molecular flexibility index (Phi) is 4.19. The second-order valence-corrected chi connectivity index (χ2v) is 4.55. The zero-order valence-electron chi connectivity index (χ0n) is 11.4. The maximum atomic E-state index is 12.1. The van der Waals surface area contributed by atoms with Gasteiger partial charge in [0.05, 0.1) is 18.0 Å². The molecule has 0 radical (unpaired) electrons. The van der Waals surface area contributed by atoms with Gasteiger partial charge in [0.25, 0.3) is 11.5 Å². The first-order valence-corrected chi connectivity index (χ1v) is 6.47. The summed E-state index contributed by atoms with van der Waals surface area (Å²) in [6, 6.07) is 0. The monoisotopic (exact) mass is 279 g/mol. The minimum Gasteiger partial charge on any atom is -0.442 e. The number of fused-ring (bicyclic) bond motifs is 1. The minimum atomic E-state index is -0.442. The van der Waals surface area contributed by atoms with E-state index < -0.39 is 17.6 Å². The molecule has 0 aromatic carbocycles. The van der Waals surface area contributed by atoms with Crippen molar-refractivity contribution in [1.29, 1.82) is 0 Å². The molecule has 2 heterocycles. The quantitative estimate of drug-likeness (QED) is 0.747. The molecule has 2 aromatic rings. The number of rotatable bonds is 5. The van der Waals surface area contributed by atoms with Gasteiger partial charge in [-0.1, -0.05) is 6.92 Å². The zero-order valence-corrected chi connectivity index (χ0v) is 11.4. The van der Waals surface area contributed by atoms with Crippen molar-refractivity contribution in [2.75, 3.05) is 6.54 Å². The Labute approximate surface area is 115 Å². The van der Waals surface area contributed by atoms with Crippen LogP contribution in [0.5, 0.6) is 0 Å². The van der Waals surface area contributed by atoms with Crippen molar-refractivity contribution in [3.8, 4) is 0 Å². The molecule has 0 spiro atoms. The lowest BCUT2D eigenvalue weighted by Crippen LogP contribution is -2.28. The van der Waals surface area contributed by atoms with Gasteiger partial charge in [-0.15, -0.1) is 0 Å². The molecule has 1 unspecified atom stereocenters. The van der Waals surface area contributed by atoms with Gasteiger partial charge in [0.1, 0.15) is 11.1 Å². The van der Waals surface area contributed by atoms with E-state index in [2.05, 4.69) is 15.3 Å². The van der Waals surface area contributed by atoms with Crippen LogP contribution in [0.15, 0.2) is 15.5 Å². The Morgan fingerprint density at radius 1 is 1.60 bits per heavy atom. The zero-order chi connectivity index (χ0) is 14.7. The summed E-state index contributed by atoms with van der Waals surface area (Å²) < 4.78 is 5.31. The Hall–Kier alpha value is -2.15. The van der Waals surface area contributed by atoms with Gasteiger partial charge in [-0.25, -0.2) is 4.98 Å². The molecule has 0 aliphatic carbocycles. The van der Waals surface area contributed by atoms with Crippen molar-refractivity contribution in [2.24, 2.45) is 0 Å². The Balaban J connectivity index is 2.22. The third-order valence-electron chi connectivity index (χ3n) is 3.13. The summed E-state index contributed by atoms with van der Waals surface area (Å²) in [6.07, 6.45) is 1.88. The number of carbonyl (C=O) groups excluding carboxylic acids is 1. The van der Waals surface area contributed by atoms with E-state index in [9.17, 15) is 14.7 Å². The van der Waals surface area contributed by atoms with Crippen molar-refractivity contribution in [3.05, 3.63) is 28.0 Å². The van der Waals surface area contributed by atoms with E-state index in [4.69, 9.17) is 4.42 Å². The van der Waals surface area contributed by atoms with Crippen LogP contribution in [0.4, 0.5) is 0 Å². The second kappa shape index (κ2) is 5.87. The van der Waals surface area contributed by atoms with Crippen LogP contribution in [-0.2, 0) is 0 Å². The van der Waals surface area contributed by atoms with Crippen LogP contribution in [0, 0.1) is 6.92 Å². The van der Waals surface area contributed by atoms with Crippen molar-refractivity contribution in [3.63, 3.8) is 0 Å². The van der Waals surface area contributed by atoms with Crippen LogP contribution in [0.1, 0.15) is 35.9 Å². The van der Waals surface area contributed by atoms with Gasteiger partial charge >= 0.3 is 0 Å². The summed E-state index contributed by atoms with van der Waals surface area (Å²) in [5.74, 6) is -0.0548. The fourth-order valence-corrected chi connectivity index (χ4v) is 1.97. The van der Waals surface area contributed by atoms with E-state index in [1.165, 1.54) is 6.33 Å². The number of furan rings is 1. The Bertz CT molecular complexity index is 674. The molecule has 2 aromatic heterocycles. The second-order valence-electron chi connectivity index (χ2n) is 4.55. The van der Waals surface area contributed by atoms with Gasteiger partial charge < -0.3 is 19.8 Å². The highest BCUT2D eigenvalue weighted by Crippen LogP contribution is 2.20. The molecule has 0 aliphatic heterocycles. The van der Waals surface area contributed by atoms with Gasteiger partial charge in [0.15, 0.2) is 0 Å². The third kappa shape index (κ3) is 2.72. The smallest absolute Gasteiger partial charge is 0.262 e. The first-order chi connectivity index (χ1) is 9.54. The first-order valence-electron chi connectivity index (χ1n) is 6.47. The molecule has 0 fully saturated rings. The molecule has 0 aliphatic rings. The average molecular weight is 279 g/mol. The lowest BCUT2D eigenvalue weighted by molar-refractivity contribution is 0.0942. The van der Waals surface area contributed by atoms with Crippen molar-refractivity contribution < 1.29 is 14.3 Å². The molecule has 7 heteroatoms. The SMILES string of the molecule is CCC(O)CCNC(=O)c1c(C)oc2nc[nH]c(=O)c12. The predicted octanol–water partition coefficient (Wildman–Crippen LogP) is 0.715. The molecule has 2 rings (SSSR count). The number of aliphatic hydroxyl groups is 1. The van der Waals surface area contributed by atoms with Crippen LogP contribution < -0.4 is 10.9 Å². The highest BCUT2D eigenvalue weighted by molar-refractivity contribution is 6.06. The molecule has 0 saturated heterocycles. The van der Waals surface area contributed by atoms with Gasteiger partial charge in [-0.2, -0.15) is 0 Å². The summed E-state index contributed by atoms with van der Waals surface area (Å²) in [5, 5.41) is 12.3. The molecule has 20 heavy (non-hydrogen) atoms. The fraction of sp³-hybridized carbons (Fsp3) is 0.462. The summed E-state index contributed by atoms with van der Waals surface area (Å²) in [7, 11) is 0. The standard InChI is InChI=1S/C13H17N3O4/c1-3-8(17)4-5-14-11(18)9-7(2)20-13-10(9)12(19)15-6-16-13/h6,8,17H,3-5H2,1-2H3,(H,14,18)(H,15,16,19). The van der Waals surface area contributed by atoms with Crippen LogP contribution >= 0.6 is 0 Å². The molecule has 1 amide bonds. The summed E-state index contributed by atoms with van der Waals surface area (Å²) in [4.78, 5) is 30.2. The molecule has 0 bridgehead atoms. The van der Waals surface area contributed by atoms with Crippen molar-refractivity contribution in [2.45, 2.75) is 32.8 Å². The van der Waals surface area contributed by atoms with Crippen molar-refractivity contribution in [1.82, 2.24) is 15.3 Å². The number of aromatic amines is 1. The topological polar surface area (TPSA) is 108 Å². The number of nitrogens with zero attached hydrogens (tertiary/aromatic N) is 1. The first kappa shape index (κ1) is 14.3. The van der Waals surface area contributed by atoms with E-state index in [1.54, 1.807) is 6.92 Å². The average Bonchev–Trinajstić information content (AvgIpc) is 2.76. The van der Waals surface area contributed by atoms with E-state index in [1.807, 2.05) is 6.92 Å². The lowest BCUT2D eigenvalue weighted by atomic mass is 10.1. The molecule has 3 N–H and O–H groups in total. The maximum Gasteiger partial charge on any atom is 0.262 e. The molecule has 1 atom stereocenters. The highest BCUT2D eigenvalue weighted by Gasteiger charge is 2.21. The number of aliphatic hydroxyl groups excluding tert-OH is 1. The van der Waals surface area contributed by atoms with Crippen LogP contribution in [0.3, 0.4) is 0 Å². The van der Waals surface area contributed by atoms with E-state index in [0.29, 0.717) is 25.1 Å². The number of H-pyrrole nitrogens is 1. The Morgan fingerprint density at radius 2 is 2.35 bits per heavy atom. The van der Waals surface area contributed by atoms with E-state index >= 15 is 0 Å². The summed E-state index contributed by atoms with van der Waals surface area (Å²) >= 11 is 0. The maximum absolute atomic E-state index is 12.1. The highest BCUT2D eigenvalue weighted by atomic mass is 16.3. The molecule has 0 saturated carbocycles. The summed E-state index contributed by atoms with van der Waals surface area (Å²) in [6.45, 7) is 3.81.